The zero-order valence-electron chi connectivity index (χ0n) is 14.0. The predicted octanol–water partition coefficient (Wildman–Crippen LogP) is 2.20. The van der Waals surface area contributed by atoms with E-state index in [1.807, 2.05) is 36.4 Å². The Labute approximate surface area is 144 Å². The van der Waals surface area contributed by atoms with Crippen LogP contribution in [0.1, 0.15) is 5.56 Å². The third-order valence-corrected chi connectivity index (χ3v) is 3.67. The van der Waals surface area contributed by atoms with Crippen molar-refractivity contribution < 1.29 is 14.3 Å². The highest BCUT2D eigenvalue weighted by molar-refractivity contribution is 5.86. The van der Waals surface area contributed by atoms with Crippen molar-refractivity contribution in [1.82, 2.24) is 15.0 Å². The minimum absolute atomic E-state index is 0.132. The second-order valence-corrected chi connectivity index (χ2v) is 5.24. The van der Waals surface area contributed by atoms with Gasteiger partial charge in [-0.3, -0.25) is 4.79 Å². The first-order valence-corrected chi connectivity index (χ1v) is 7.65. The van der Waals surface area contributed by atoms with E-state index in [4.69, 9.17) is 9.47 Å². The maximum Gasteiger partial charge on any atom is 0.260 e. The number of nitrogens with zero attached hydrogens (tertiary/aromatic N) is 3. The van der Waals surface area contributed by atoms with Gasteiger partial charge < -0.3 is 14.0 Å². The number of amides is 1. The molecule has 0 saturated carbocycles. The molecule has 1 N–H and O–H groups in total. The molecule has 1 aromatic heterocycles. The Morgan fingerprint density at radius 1 is 1.20 bits per heavy atom. The van der Waals surface area contributed by atoms with Crippen LogP contribution in [-0.2, 0) is 11.3 Å². The molecule has 0 aliphatic carbocycles. The number of rotatable bonds is 6. The van der Waals surface area contributed by atoms with Gasteiger partial charge in [0.2, 0.25) is 0 Å². The van der Waals surface area contributed by atoms with Crippen molar-refractivity contribution in [3.05, 3.63) is 54.4 Å². The summed E-state index contributed by atoms with van der Waals surface area (Å²) >= 11 is 0. The highest BCUT2D eigenvalue weighted by Gasteiger charge is 2.08. The molecule has 0 aliphatic heterocycles. The highest BCUT2D eigenvalue weighted by Crippen LogP contribution is 2.29. The van der Waals surface area contributed by atoms with Crippen LogP contribution in [0.15, 0.2) is 53.9 Å². The van der Waals surface area contributed by atoms with Crippen molar-refractivity contribution in [2.75, 3.05) is 14.2 Å². The molecule has 0 bridgehead atoms. The fraction of sp³-hybridized carbons (Fsp3) is 0.167. The van der Waals surface area contributed by atoms with Crippen molar-refractivity contribution in [3.8, 4) is 11.5 Å². The first-order valence-electron chi connectivity index (χ1n) is 7.65. The van der Waals surface area contributed by atoms with Gasteiger partial charge in [-0.05, 0) is 24.3 Å². The fourth-order valence-electron chi connectivity index (χ4n) is 2.51. The summed E-state index contributed by atoms with van der Waals surface area (Å²) in [6, 6.07) is 13.1. The van der Waals surface area contributed by atoms with Gasteiger partial charge in [-0.1, -0.05) is 18.2 Å². The van der Waals surface area contributed by atoms with Crippen LogP contribution in [0.5, 0.6) is 11.5 Å². The zero-order chi connectivity index (χ0) is 17.6. The SMILES string of the molecule is COc1cccc(/C=N/NC(=O)Cn2cnc3ccccc32)c1OC. The summed E-state index contributed by atoms with van der Waals surface area (Å²) < 4.78 is 12.3. The minimum atomic E-state index is -0.249. The van der Waals surface area contributed by atoms with Crippen LogP contribution in [0.3, 0.4) is 0 Å². The van der Waals surface area contributed by atoms with Crippen LogP contribution >= 0.6 is 0 Å². The van der Waals surface area contributed by atoms with Gasteiger partial charge in [-0.2, -0.15) is 5.10 Å². The smallest absolute Gasteiger partial charge is 0.260 e. The molecular weight excluding hydrogens is 320 g/mol. The summed E-state index contributed by atoms with van der Waals surface area (Å²) in [6.45, 7) is 0.132. The summed E-state index contributed by atoms with van der Waals surface area (Å²) in [5.41, 5.74) is 4.96. The Bertz CT molecular complexity index is 918. The number of aromatic nitrogens is 2. The van der Waals surface area contributed by atoms with E-state index in [2.05, 4.69) is 15.5 Å². The van der Waals surface area contributed by atoms with Gasteiger partial charge >= 0.3 is 0 Å². The molecule has 0 aliphatic rings. The lowest BCUT2D eigenvalue weighted by Gasteiger charge is -2.09. The lowest BCUT2D eigenvalue weighted by molar-refractivity contribution is -0.121. The van der Waals surface area contributed by atoms with Gasteiger partial charge in [0.05, 0.1) is 37.8 Å². The lowest BCUT2D eigenvalue weighted by Crippen LogP contribution is -2.22. The molecule has 7 heteroatoms. The fourth-order valence-corrected chi connectivity index (χ4v) is 2.51. The van der Waals surface area contributed by atoms with Crippen molar-refractivity contribution in [1.29, 1.82) is 0 Å². The number of imidazole rings is 1. The van der Waals surface area contributed by atoms with E-state index in [1.165, 1.54) is 6.21 Å². The van der Waals surface area contributed by atoms with Gasteiger partial charge in [-0.25, -0.2) is 10.4 Å². The highest BCUT2D eigenvalue weighted by atomic mass is 16.5. The average Bonchev–Trinajstić information content (AvgIpc) is 3.04. The van der Waals surface area contributed by atoms with E-state index in [0.29, 0.717) is 17.1 Å². The molecular formula is C18H18N4O3. The van der Waals surface area contributed by atoms with Crippen molar-refractivity contribution >= 4 is 23.2 Å². The van der Waals surface area contributed by atoms with Crippen LogP contribution < -0.4 is 14.9 Å². The molecule has 0 fully saturated rings. The number of fused-ring (bicyclic) bond motifs is 1. The summed E-state index contributed by atoms with van der Waals surface area (Å²) in [5, 5.41) is 3.99. The first kappa shape index (κ1) is 16.5. The van der Waals surface area contributed by atoms with E-state index < -0.39 is 0 Å². The summed E-state index contributed by atoms with van der Waals surface area (Å²) in [4.78, 5) is 16.3. The Morgan fingerprint density at radius 2 is 2.04 bits per heavy atom. The molecule has 0 unspecified atom stereocenters. The molecule has 2 aromatic carbocycles. The second kappa shape index (κ2) is 7.48. The minimum Gasteiger partial charge on any atom is -0.493 e. The third-order valence-electron chi connectivity index (χ3n) is 3.67. The number of hydrogen-bond acceptors (Lipinski definition) is 5. The molecule has 0 radical (unpaired) electrons. The molecule has 25 heavy (non-hydrogen) atoms. The Kier molecular flexibility index (Phi) is 4.94. The van der Waals surface area contributed by atoms with Crippen LogP contribution in [0.4, 0.5) is 0 Å². The van der Waals surface area contributed by atoms with Gasteiger partial charge in [0.25, 0.3) is 5.91 Å². The molecule has 1 heterocycles. The maximum atomic E-state index is 12.1. The number of ether oxygens (including phenoxy) is 2. The topological polar surface area (TPSA) is 77.7 Å². The van der Waals surface area contributed by atoms with Crippen LogP contribution in [0, 0.1) is 0 Å². The lowest BCUT2D eigenvalue weighted by atomic mass is 10.2. The van der Waals surface area contributed by atoms with E-state index >= 15 is 0 Å². The summed E-state index contributed by atoms with van der Waals surface area (Å²) in [6.07, 6.45) is 3.16. The van der Waals surface area contributed by atoms with Crippen LogP contribution in [0.25, 0.3) is 11.0 Å². The predicted molar refractivity (Wildman–Crippen MR) is 95.0 cm³/mol. The Balaban J connectivity index is 1.67. The van der Waals surface area contributed by atoms with E-state index in [9.17, 15) is 4.79 Å². The first-order chi connectivity index (χ1) is 12.2. The van der Waals surface area contributed by atoms with Crippen molar-refractivity contribution in [2.45, 2.75) is 6.54 Å². The number of para-hydroxylation sites is 3. The quantitative estimate of drug-likeness (QED) is 0.552. The van der Waals surface area contributed by atoms with Gasteiger partial charge in [-0.15, -0.1) is 0 Å². The average molecular weight is 338 g/mol. The van der Waals surface area contributed by atoms with Gasteiger partial charge in [0.1, 0.15) is 6.54 Å². The number of hydrogen-bond donors (Lipinski definition) is 1. The Hall–Kier alpha value is -3.35. The third kappa shape index (κ3) is 3.60. The van der Waals surface area contributed by atoms with Gasteiger partial charge in [0, 0.05) is 5.56 Å². The number of nitrogens with one attached hydrogen (secondary N) is 1. The molecule has 128 valence electrons. The Morgan fingerprint density at radius 3 is 2.84 bits per heavy atom. The van der Waals surface area contributed by atoms with Crippen LogP contribution in [-0.4, -0.2) is 35.9 Å². The molecule has 0 saturated heterocycles. The monoisotopic (exact) mass is 338 g/mol. The molecule has 0 spiro atoms. The number of carbonyl (C=O) groups excluding carboxylic acids is 1. The van der Waals surface area contributed by atoms with E-state index in [0.717, 1.165) is 11.0 Å². The zero-order valence-corrected chi connectivity index (χ0v) is 14.0. The molecule has 3 aromatic rings. The van der Waals surface area contributed by atoms with Crippen LogP contribution in [0.2, 0.25) is 0 Å². The summed E-state index contributed by atoms with van der Waals surface area (Å²) in [7, 11) is 3.12. The molecule has 1 amide bonds. The largest absolute Gasteiger partial charge is 0.493 e. The maximum absolute atomic E-state index is 12.1. The number of methoxy groups -OCH3 is 2. The molecule has 7 nitrogen and oxygen atoms in total. The molecule has 3 rings (SSSR count). The van der Waals surface area contributed by atoms with E-state index in [1.54, 1.807) is 31.2 Å². The number of carbonyl (C=O) groups is 1. The van der Waals surface area contributed by atoms with Crippen molar-refractivity contribution in [2.24, 2.45) is 5.10 Å². The summed E-state index contributed by atoms with van der Waals surface area (Å²) in [5.74, 6) is 0.910. The number of hydrazone groups is 1. The van der Waals surface area contributed by atoms with Crippen molar-refractivity contribution in [3.63, 3.8) is 0 Å². The standard InChI is InChI=1S/C18H18N4O3/c1-24-16-9-5-6-13(18(16)25-2)10-20-21-17(23)11-22-12-19-14-7-3-4-8-15(14)22/h3-10,12H,11H2,1-2H3,(H,21,23)/b20-10+. The number of benzene rings is 2. The second-order valence-electron chi connectivity index (χ2n) is 5.24. The van der Waals surface area contributed by atoms with Gasteiger partial charge in [0.15, 0.2) is 11.5 Å². The van der Waals surface area contributed by atoms with E-state index in [-0.39, 0.29) is 12.5 Å². The molecule has 0 atom stereocenters. The normalized spacial score (nSPS) is 11.0.